The van der Waals surface area contributed by atoms with Gasteiger partial charge >= 0.3 is 11.8 Å². The molecule has 0 unspecified atom stereocenters. The zero-order chi connectivity index (χ0) is 13.7. The van der Waals surface area contributed by atoms with Crippen molar-refractivity contribution in [3.8, 4) is 5.75 Å². The number of rotatable bonds is 2. The first-order valence-corrected chi connectivity index (χ1v) is 5.48. The Labute approximate surface area is 109 Å². The van der Waals surface area contributed by atoms with Gasteiger partial charge in [-0.1, -0.05) is 18.2 Å². The van der Waals surface area contributed by atoms with Gasteiger partial charge in [-0.2, -0.15) is 0 Å². The minimum absolute atomic E-state index is 0.110. The average molecular weight is 257 g/mol. The fourth-order valence-corrected chi connectivity index (χ4v) is 1.37. The molecule has 6 nitrogen and oxygen atoms in total. The van der Waals surface area contributed by atoms with Gasteiger partial charge in [-0.3, -0.25) is 9.59 Å². The predicted molar refractivity (Wildman–Crippen MR) is 69.6 cm³/mol. The Kier molecular flexibility index (Phi) is 3.72. The summed E-state index contributed by atoms with van der Waals surface area (Å²) >= 11 is 0. The molecule has 2 aromatic rings. The molecule has 0 saturated carbocycles. The lowest BCUT2D eigenvalue weighted by Gasteiger charge is -2.07. The van der Waals surface area contributed by atoms with Crippen LogP contribution < -0.4 is 10.6 Å². The van der Waals surface area contributed by atoms with Gasteiger partial charge in [0.1, 0.15) is 11.6 Å². The minimum Gasteiger partial charge on any atom is -0.506 e. The van der Waals surface area contributed by atoms with Crippen molar-refractivity contribution in [3.05, 3.63) is 48.7 Å². The molecule has 1 heterocycles. The third-order valence-electron chi connectivity index (χ3n) is 2.26. The summed E-state index contributed by atoms with van der Waals surface area (Å²) in [5.74, 6) is -1.57. The molecule has 96 valence electrons. The Morgan fingerprint density at radius 2 is 1.63 bits per heavy atom. The minimum atomic E-state index is -0.882. The average Bonchev–Trinajstić information content (AvgIpc) is 2.42. The maximum atomic E-state index is 11.6. The van der Waals surface area contributed by atoms with E-state index in [1.807, 2.05) is 0 Å². The van der Waals surface area contributed by atoms with Gasteiger partial charge < -0.3 is 15.7 Å². The molecule has 2 rings (SSSR count). The summed E-state index contributed by atoms with van der Waals surface area (Å²) in [6.07, 6.45) is 1.50. The molecule has 0 bridgehead atoms. The Bertz CT molecular complexity index is 599. The van der Waals surface area contributed by atoms with E-state index in [0.717, 1.165) is 0 Å². The number of pyridine rings is 1. The number of aromatic nitrogens is 1. The first kappa shape index (κ1) is 12.6. The van der Waals surface area contributed by atoms with E-state index in [1.165, 1.54) is 18.3 Å². The number of nitrogens with one attached hydrogen (secondary N) is 2. The first-order chi connectivity index (χ1) is 9.16. The molecular formula is C13H11N3O3. The Balaban J connectivity index is 2.01. The Hall–Kier alpha value is -2.89. The quantitative estimate of drug-likeness (QED) is 0.559. The molecule has 0 atom stereocenters. The van der Waals surface area contributed by atoms with E-state index in [1.54, 1.807) is 30.3 Å². The van der Waals surface area contributed by atoms with Crippen LogP contribution in [0.4, 0.5) is 11.5 Å². The van der Waals surface area contributed by atoms with E-state index in [9.17, 15) is 14.7 Å². The lowest BCUT2D eigenvalue weighted by atomic mass is 10.3. The summed E-state index contributed by atoms with van der Waals surface area (Å²) < 4.78 is 0. The second-order valence-corrected chi connectivity index (χ2v) is 3.64. The number of nitrogens with zero attached hydrogens (tertiary/aromatic N) is 1. The van der Waals surface area contributed by atoms with Gasteiger partial charge in [0.2, 0.25) is 0 Å². The van der Waals surface area contributed by atoms with Crippen LogP contribution in [0.1, 0.15) is 0 Å². The fourth-order valence-electron chi connectivity index (χ4n) is 1.37. The number of para-hydroxylation sites is 2. The standard InChI is InChI=1S/C13H11N3O3/c17-10-6-2-1-5-9(10)15-12(18)13(19)16-11-7-3-4-8-14-11/h1-8,17H,(H,15,18)(H,14,16,19). The normalized spacial score (nSPS) is 9.68. The first-order valence-electron chi connectivity index (χ1n) is 5.48. The lowest BCUT2D eigenvalue weighted by Crippen LogP contribution is -2.29. The second kappa shape index (κ2) is 5.63. The summed E-state index contributed by atoms with van der Waals surface area (Å²) in [6, 6.07) is 11.1. The number of anilines is 2. The summed E-state index contributed by atoms with van der Waals surface area (Å²) in [5.41, 5.74) is 0.170. The third-order valence-corrected chi connectivity index (χ3v) is 2.26. The van der Waals surface area contributed by atoms with E-state index in [2.05, 4.69) is 15.6 Å². The molecule has 0 aliphatic heterocycles. The Morgan fingerprint density at radius 1 is 0.947 bits per heavy atom. The molecular weight excluding hydrogens is 246 g/mol. The highest BCUT2D eigenvalue weighted by Gasteiger charge is 2.15. The van der Waals surface area contributed by atoms with Crippen LogP contribution >= 0.6 is 0 Å². The van der Waals surface area contributed by atoms with Gasteiger partial charge in [0.15, 0.2) is 0 Å². The molecule has 0 radical (unpaired) electrons. The van der Waals surface area contributed by atoms with E-state index in [-0.39, 0.29) is 17.3 Å². The van der Waals surface area contributed by atoms with Crippen LogP contribution in [-0.4, -0.2) is 21.9 Å². The van der Waals surface area contributed by atoms with Gasteiger partial charge in [-0.05, 0) is 24.3 Å². The van der Waals surface area contributed by atoms with Crippen molar-refractivity contribution in [2.45, 2.75) is 0 Å². The van der Waals surface area contributed by atoms with Crippen molar-refractivity contribution >= 4 is 23.3 Å². The van der Waals surface area contributed by atoms with Crippen LogP contribution in [0, 0.1) is 0 Å². The van der Waals surface area contributed by atoms with Crippen LogP contribution in [0.2, 0.25) is 0 Å². The molecule has 0 saturated heterocycles. The summed E-state index contributed by atoms with van der Waals surface area (Å²) in [6.45, 7) is 0. The molecule has 2 amide bonds. The number of phenols is 1. The van der Waals surface area contributed by atoms with Crippen molar-refractivity contribution in [3.63, 3.8) is 0 Å². The molecule has 0 aliphatic carbocycles. The number of aromatic hydroxyl groups is 1. The van der Waals surface area contributed by atoms with E-state index in [4.69, 9.17) is 0 Å². The molecule has 0 aliphatic rings. The second-order valence-electron chi connectivity index (χ2n) is 3.64. The molecule has 3 N–H and O–H groups in total. The topological polar surface area (TPSA) is 91.3 Å². The summed E-state index contributed by atoms with van der Waals surface area (Å²) in [5, 5.41) is 14.1. The molecule has 0 spiro atoms. The lowest BCUT2D eigenvalue weighted by molar-refractivity contribution is -0.133. The molecule has 1 aromatic carbocycles. The van der Waals surface area contributed by atoms with Crippen LogP contribution in [0.25, 0.3) is 0 Å². The van der Waals surface area contributed by atoms with Crippen LogP contribution in [0.15, 0.2) is 48.7 Å². The molecule has 0 fully saturated rings. The third kappa shape index (κ3) is 3.29. The number of carbonyl (C=O) groups excluding carboxylic acids is 2. The highest BCUT2D eigenvalue weighted by atomic mass is 16.3. The Morgan fingerprint density at radius 3 is 2.32 bits per heavy atom. The number of carbonyl (C=O) groups is 2. The fraction of sp³-hybridized carbons (Fsp3) is 0. The van der Waals surface area contributed by atoms with Crippen molar-refractivity contribution in [2.75, 3.05) is 10.6 Å². The SMILES string of the molecule is O=C(Nc1ccccn1)C(=O)Nc1ccccc1O. The zero-order valence-corrected chi connectivity index (χ0v) is 9.83. The van der Waals surface area contributed by atoms with Crippen LogP contribution in [0.3, 0.4) is 0 Å². The van der Waals surface area contributed by atoms with Gasteiger partial charge in [0.25, 0.3) is 0 Å². The van der Waals surface area contributed by atoms with E-state index >= 15 is 0 Å². The maximum absolute atomic E-state index is 11.6. The maximum Gasteiger partial charge on any atom is 0.315 e. The predicted octanol–water partition coefficient (Wildman–Crippen LogP) is 1.36. The monoisotopic (exact) mass is 257 g/mol. The van der Waals surface area contributed by atoms with Crippen molar-refractivity contribution in [1.29, 1.82) is 0 Å². The highest BCUT2D eigenvalue weighted by molar-refractivity contribution is 6.43. The van der Waals surface area contributed by atoms with Gasteiger partial charge in [-0.15, -0.1) is 0 Å². The molecule has 6 heteroatoms. The van der Waals surface area contributed by atoms with E-state index in [0.29, 0.717) is 0 Å². The smallest absolute Gasteiger partial charge is 0.315 e. The van der Waals surface area contributed by atoms with E-state index < -0.39 is 11.8 Å². The summed E-state index contributed by atoms with van der Waals surface area (Å²) in [7, 11) is 0. The molecule has 19 heavy (non-hydrogen) atoms. The summed E-state index contributed by atoms with van der Waals surface area (Å²) in [4.78, 5) is 27.1. The largest absolute Gasteiger partial charge is 0.506 e. The number of hydrogen-bond acceptors (Lipinski definition) is 4. The highest BCUT2D eigenvalue weighted by Crippen LogP contribution is 2.21. The molecule has 1 aromatic heterocycles. The number of benzene rings is 1. The number of hydrogen-bond donors (Lipinski definition) is 3. The van der Waals surface area contributed by atoms with Gasteiger partial charge in [0, 0.05) is 6.20 Å². The number of amides is 2. The van der Waals surface area contributed by atoms with Crippen molar-refractivity contribution < 1.29 is 14.7 Å². The van der Waals surface area contributed by atoms with Crippen molar-refractivity contribution in [2.24, 2.45) is 0 Å². The zero-order valence-electron chi connectivity index (χ0n) is 9.83. The van der Waals surface area contributed by atoms with Gasteiger partial charge in [-0.25, -0.2) is 4.98 Å². The van der Waals surface area contributed by atoms with Crippen LogP contribution in [0.5, 0.6) is 5.75 Å². The van der Waals surface area contributed by atoms with Gasteiger partial charge in [0.05, 0.1) is 5.69 Å². The number of phenolic OH excluding ortho intramolecular Hbond substituents is 1. The van der Waals surface area contributed by atoms with Crippen LogP contribution in [-0.2, 0) is 9.59 Å². The van der Waals surface area contributed by atoms with Crippen molar-refractivity contribution in [1.82, 2.24) is 4.98 Å².